The number of halogens is 2. The van der Waals surface area contributed by atoms with Crippen molar-refractivity contribution in [3.05, 3.63) is 26.2 Å². The van der Waals surface area contributed by atoms with Crippen LogP contribution in [0.15, 0.2) is 22.7 Å². The lowest BCUT2D eigenvalue weighted by Gasteiger charge is -2.23. The standard InChI is InChI=1S/C11H13BrINO3S/c12-10-2-1-8(13)7-11(10)14-18(15,16)9-3-5-17-6-4-9/h1-2,7,9,14H,3-6H2. The molecule has 1 heterocycles. The molecule has 0 unspecified atom stereocenters. The van der Waals surface area contributed by atoms with Crippen molar-refractivity contribution in [2.75, 3.05) is 17.9 Å². The zero-order valence-corrected chi connectivity index (χ0v) is 14.1. The molecule has 1 saturated heterocycles. The highest BCUT2D eigenvalue weighted by Gasteiger charge is 2.28. The summed E-state index contributed by atoms with van der Waals surface area (Å²) < 4.78 is 34.0. The largest absolute Gasteiger partial charge is 0.381 e. The van der Waals surface area contributed by atoms with E-state index in [4.69, 9.17) is 4.74 Å². The Labute approximate surface area is 129 Å². The van der Waals surface area contributed by atoms with Crippen molar-refractivity contribution in [2.24, 2.45) is 0 Å². The molecule has 0 atom stereocenters. The summed E-state index contributed by atoms with van der Waals surface area (Å²) in [7, 11) is -3.34. The van der Waals surface area contributed by atoms with Crippen molar-refractivity contribution in [3.63, 3.8) is 0 Å². The van der Waals surface area contributed by atoms with Crippen molar-refractivity contribution in [3.8, 4) is 0 Å². The van der Waals surface area contributed by atoms with E-state index in [1.807, 2.05) is 18.2 Å². The molecule has 2 rings (SSSR count). The first kappa shape index (κ1) is 14.5. The van der Waals surface area contributed by atoms with Crippen molar-refractivity contribution in [2.45, 2.75) is 18.1 Å². The quantitative estimate of drug-likeness (QED) is 0.727. The summed E-state index contributed by atoms with van der Waals surface area (Å²) in [5, 5.41) is -0.365. The SMILES string of the molecule is O=S(=O)(Nc1cc(I)ccc1Br)C1CCOCC1. The molecule has 0 amide bonds. The number of hydrogen-bond donors (Lipinski definition) is 1. The maximum Gasteiger partial charge on any atom is 0.235 e. The topological polar surface area (TPSA) is 55.4 Å². The molecule has 100 valence electrons. The van der Waals surface area contributed by atoms with Crippen molar-refractivity contribution in [1.29, 1.82) is 0 Å². The van der Waals surface area contributed by atoms with Crippen LogP contribution >= 0.6 is 38.5 Å². The Morgan fingerprint density at radius 1 is 1.33 bits per heavy atom. The number of rotatable bonds is 3. The Morgan fingerprint density at radius 2 is 2.00 bits per heavy atom. The van der Waals surface area contributed by atoms with E-state index in [0.717, 1.165) is 8.04 Å². The summed E-state index contributed by atoms with van der Waals surface area (Å²) in [6.45, 7) is 1.03. The first-order valence-electron chi connectivity index (χ1n) is 5.53. The van der Waals surface area contributed by atoms with Gasteiger partial charge in [0.1, 0.15) is 0 Å². The van der Waals surface area contributed by atoms with Gasteiger partial charge in [0.15, 0.2) is 0 Å². The number of nitrogens with one attached hydrogen (secondary N) is 1. The summed E-state index contributed by atoms with van der Waals surface area (Å²) in [4.78, 5) is 0. The Hall–Kier alpha value is 0.140. The zero-order chi connectivity index (χ0) is 13.2. The molecule has 1 aromatic carbocycles. The molecular formula is C11H13BrINO3S. The minimum absolute atomic E-state index is 0.365. The third kappa shape index (κ3) is 3.58. The van der Waals surface area contributed by atoms with Gasteiger partial charge in [-0.1, -0.05) is 0 Å². The van der Waals surface area contributed by atoms with Gasteiger partial charge in [0, 0.05) is 21.3 Å². The second-order valence-corrected chi connectivity index (χ2v) is 8.14. The van der Waals surface area contributed by atoms with E-state index in [0.29, 0.717) is 31.7 Å². The first-order valence-corrected chi connectivity index (χ1v) is 8.95. The van der Waals surface area contributed by atoms with Gasteiger partial charge in [-0.15, -0.1) is 0 Å². The lowest BCUT2D eigenvalue weighted by molar-refractivity contribution is 0.0984. The van der Waals surface area contributed by atoms with Crippen molar-refractivity contribution >= 4 is 54.2 Å². The van der Waals surface area contributed by atoms with Crippen LogP contribution in [0.5, 0.6) is 0 Å². The van der Waals surface area contributed by atoms with E-state index < -0.39 is 10.0 Å². The van der Waals surface area contributed by atoms with E-state index in [1.54, 1.807) is 0 Å². The van der Waals surface area contributed by atoms with Gasteiger partial charge in [-0.3, -0.25) is 4.72 Å². The third-order valence-electron chi connectivity index (χ3n) is 2.79. The Morgan fingerprint density at radius 3 is 2.67 bits per heavy atom. The highest BCUT2D eigenvalue weighted by atomic mass is 127. The van der Waals surface area contributed by atoms with Crippen LogP contribution in [0, 0.1) is 3.57 Å². The van der Waals surface area contributed by atoms with Gasteiger partial charge in [-0.05, 0) is 69.6 Å². The van der Waals surface area contributed by atoms with E-state index in [2.05, 4.69) is 43.2 Å². The number of sulfonamides is 1. The molecule has 7 heteroatoms. The monoisotopic (exact) mass is 445 g/mol. The molecule has 1 fully saturated rings. The third-order valence-corrected chi connectivity index (χ3v) is 6.00. The highest BCUT2D eigenvalue weighted by molar-refractivity contribution is 14.1. The normalized spacial score (nSPS) is 17.7. The zero-order valence-electron chi connectivity index (χ0n) is 9.53. The molecule has 4 nitrogen and oxygen atoms in total. The maximum absolute atomic E-state index is 12.2. The first-order chi connectivity index (χ1) is 8.49. The number of benzene rings is 1. The fourth-order valence-electron chi connectivity index (χ4n) is 1.80. The summed E-state index contributed by atoms with van der Waals surface area (Å²) in [6, 6.07) is 5.56. The molecule has 0 spiro atoms. The van der Waals surface area contributed by atoms with Crippen LogP contribution in [0.3, 0.4) is 0 Å². The van der Waals surface area contributed by atoms with E-state index in [1.165, 1.54) is 0 Å². The maximum atomic E-state index is 12.2. The van der Waals surface area contributed by atoms with Gasteiger partial charge in [0.2, 0.25) is 10.0 Å². The number of anilines is 1. The lowest BCUT2D eigenvalue weighted by atomic mass is 10.2. The van der Waals surface area contributed by atoms with Gasteiger partial charge in [-0.25, -0.2) is 8.42 Å². The summed E-state index contributed by atoms with van der Waals surface area (Å²) in [5.74, 6) is 0. The molecule has 0 aromatic heterocycles. The minimum atomic E-state index is -3.34. The van der Waals surface area contributed by atoms with Crippen LogP contribution in [0.25, 0.3) is 0 Å². The summed E-state index contributed by atoms with van der Waals surface area (Å²) >= 11 is 5.50. The molecule has 1 N–H and O–H groups in total. The number of ether oxygens (including phenoxy) is 1. The summed E-state index contributed by atoms with van der Waals surface area (Å²) in [6.07, 6.45) is 1.10. The molecule has 0 radical (unpaired) electrons. The number of hydrogen-bond acceptors (Lipinski definition) is 3. The second-order valence-electron chi connectivity index (χ2n) is 4.08. The van der Waals surface area contributed by atoms with E-state index in [-0.39, 0.29) is 5.25 Å². The predicted molar refractivity (Wildman–Crippen MR) is 83.2 cm³/mol. The van der Waals surface area contributed by atoms with E-state index >= 15 is 0 Å². The van der Waals surface area contributed by atoms with Gasteiger partial charge in [-0.2, -0.15) is 0 Å². The molecular weight excluding hydrogens is 433 g/mol. The predicted octanol–water partition coefficient (Wildman–Crippen LogP) is 2.97. The van der Waals surface area contributed by atoms with Crippen molar-refractivity contribution in [1.82, 2.24) is 0 Å². The highest BCUT2D eigenvalue weighted by Crippen LogP contribution is 2.27. The fraction of sp³-hybridized carbons (Fsp3) is 0.455. The van der Waals surface area contributed by atoms with Gasteiger partial charge >= 0.3 is 0 Å². The van der Waals surface area contributed by atoms with Crippen LogP contribution in [0.1, 0.15) is 12.8 Å². The smallest absolute Gasteiger partial charge is 0.235 e. The van der Waals surface area contributed by atoms with Gasteiger partial charge in [0.25, 0.3) is 0 Å². The summed E-state index contributed by atoms with van der Waals surface area (Å²) in [5.41, 5.74) is 0.591. The Balaban J connectivity index is 2.18. The van der Waals surface area contributed by atoms with Gasteiger partial charge in [0.05, 0.1) is 10.9 Å². The molecule has 0 aliphatic carbocycles. The van der Waals surface area contributed by atoms with Crippen LogP contribution in [0.2, 0.25) is 0 Å². The van der Waals surface area contributed by atoms with E-state index in [9.17, 15) is 8.42 Å². The van der Waals surface area contributed by atoms with Crippen LogP contribution < -0.4 is 4.72 Å². The van der Waals surface area contributed by atoms with Gasteiger partial charge < -0.3 is 4.74 Å². The molecule has 1 aromatic rings. The Kier molecular flexibility index (Phi) is 4.90. The molecule has 0 bridgehead atoms. The average molecular weight is 446 g/mol. The molecule has 18 heavy (non-hydrogen) atoms. The minimum Gasteiger partial charge on any atom is -0.381 e. The van der Waals surface area contributed by atoms with Crippen LogP contribution in [0.4, 0.5) is 5.69 Å². The average Bonchev–Trinajstić information content (AvgIpc) is 2.35. The second kappa shape index (κ2) is 6.06. The Bertz CT molecular complexity index is 529. The van der Waals surface area contributed by atoms with Crippen LogP contribution in [-0.4, -0.2) is 26.9 Å². The molecule has 1 aliphatic heterocycles. The fourth-order valence-corrected chi connectivity index (χ4v) is 4.22. The van der Waals surface area contributed by atoms with Crippen LogP contribution in [-0.2, 0) is 14.8 Å². The molecule has 0 saturated carbocycles. The lowest BCUT2D eigenvalue weighted by Crippen LogP contribution is -2.33. The van der Waals surface area contributed by atoms with Crippen molar-refractivity contribution < 1.29 is 13.2 Å². The molecule has 1 aliphatic rings.